The summed E-state index contributed by atoms with van der Waals surface area (Å²) in [5, 5.41) is 3.20. The van der Waals surface area contributed by atoms with Crippen LogP contribution in [-0.2, 0) is 0 Å². The van der Waals surface area contributed by atoms with E-state index in [1.165, 1.54) is 0 Å². The first-order valence-electron chi connectivity index (χ1n) is 6.94. The summed E-state index contributed by atoms with van der Waals surface area (Å²) in [5.41, 5.74) is 0.684. The number of carbonyl (C=O) groups is 1. The number of nitrogens with one attached hydrogen (secondary N) is 1. The molecule has 1 aromatic heterocycles. The zero-order valence-corrected chi connectivity index (χ0v) is 12.6. The van der Waals surface area contributed by atoms with E-state index in [-0.39, 0.29) is 11.9 Å². The maximum Gasteiger partial charge on any atom is 0.254 e. The second kappa shape index (κ2) is 7.12. The number of pyridine rings is 1. The van der Waals surface area contributed by atoms with Gasteiger partial charge in [-0.3, -0.25) is 4.79 Å². The molecule has 1 atom stereocenters. The molecule has 0 aliphatic carbocycles. The van der Waals surface area contributed by atoms with Crippen molar-refractivity contribution in [3.63, 3.8) is 0 Å². The quantitative estimate of drug-likeness (QED) is 0.858. The molecule has 0 spiro atoms. The third-order valence-electron chi connectivity index (χ3n) is 3.46. The normalized spacial score (nSPS) is 12.3. The van der Waals surface area contributed by atoms with Crippen LogP contribution < -0.4 is 5.32 Å². The van der Waals surface area contributed by atoms with E-state index in [9.17, 15) is 4.79 Å². The van der Waals surface area contributed by atoms with Gasteiger partial charge < -0.3 is 10.2 Å². The lowest BCUT2D eigenvalue weighted by atomic mass is 10.0. The molecule has 4 heteroatoms. The maximum absolute atomic E-state index is 12.4. The van der Waals surface area contributed by atoms with Gasteiger partial charge in [-0.25, -0.2) is 4.98 Å². The average molecular weight is 263 g/mol. The van der Waals surface area contributed by atoms with Gasteiger partial charge in [-0.05, 0) is 31.4 Å². The molecule has 0 saturated heterocycles. The lowest BCUT2D eigenvalue weighted by molar-refractivity contribution is 0.0707. The summed E-state index contributed by atoms with van der Waals surface area (Å²) in [7, 11) is 1.85. The van der Waals surface area contributed by atoms with Crippen LogP contribution in [0.15, 0.2) is 18.3 Å². The van der Waals surface area contributed by atoms with Gasteiger partial charge in [-0.2, -0.15) is 0 Å². The Kier molecular flexibility index (Phi) is 5.80. The first-order valence-corrected chi connectivity index (χ1v) is 6.94. The van der Waals surface area contributed by atoms with Crippen molar-refractivity contribution in [2.75, 3.05) is 18.9 Å². The molecule has 4 nitrogen and oxygen atoms in total. The van der Waals surface area contributed by atoms with E-state index in [1.54, 1.807) is 17.2 Å². The van der Waals surface area contributed by atoms with Crippen molar-refractivity contribution >= 4 is 11.7 Å². The van der Waals surface area contributed by atoms with Crippen LogP contribution in [-0.4, -0.2) is 35.4 Å². The Hall–Kier alpha value is -1.58. The SMILES string of the molecule is CCCNc1cc(C(=O)N(C)C(C)C(C)C)ccn1. The summed E-state index contributed by atoms with van der Waals surface area (Å²) in [4.78, 5) is 18.4. The van der Waals surface area contributed by atoms with Gasteiger partial charge in [0.2, 0.25) is 0 Å². The Morgan fingerprint density at radius 3 is 2.68 bits per heavy atom. The molecule has 0 aliphatic heterocycles. The van der Waals surface area contributed by atoms with Crippen LogP contribution in [0.3, 0.4) is 0 Å². The van der Waals surface area contributed by atoms with Gasteiger partial charge in [-0.1, -0.05) is 20.8 Å². The molecule has 1 aromatic rings. The van der Waals surface area contributed by atoms with Crippen LogP contribution in [0.25, 0.3) is 0 Å². The van der Waals surface area contributed by atoms with Crippen LogP contribution in [0.1, 0.15) is 44.5 Å². The minimum atomic E-state index is 0.0446. The van der Waals surface area contributed by atoms with E-state index < -0.39 is 0 Å². The Morgan fingerprint density at radius 2 is 2.11 bits per heavy atom. The number of aromatic nitrogens is 1. The van der Waals surface area contributed by atoms with Gasteiger partial charge in [0.25, 0.3) is 5.91 Å². The van der Waals surface area contributed by atoms with Crippen molar-refractivity contribution in [2.45, 2.75) is 40.2 Å². The van der Waals surface area contributed by atoms with Crippen molar-refractivity contribution in [3.8, 4) is 0 Å². The topological polar surface area (TPSA) is 45.2 Å². The zero-order chi connectivity index (χ0) is 14.4. The molecule has 0 aliphatic rings. The van der Waals surface area contributed by atoms with Crippen molar-refractivity contribution in [1.82, 2.24) is 9.88 Å². The highest BCUT2D eigenvalue weighted by Crippen LogP contribution is 2.14. The summed E-state index contributed by atoms with van der Waals surface area (Å²) >= 11 is 0. The summed E-state index contributed by atoms with van der Waals surface area (Å²) < 4.78 is 0. The van der Waals surface area contributed by atoms with Crippen LogP contribution in [0.5, 0.6) is 0 Å². The van der Waals surface area contributed by atoms with E-state index in [4.69, 9.17) is 0 Å². The standard InChI is InChI=1S/C15H25N3O/c1-6-8-16-14-10-13(7-9-17-14)15(19)18(5)12(4)11(2)3/h7,9-12H,6,8H2,1-5H3,(H,16,17). The lowest BCUT2D eigenvalue weighted by Crippen LogP contribution is -2.38. The first-order chi connectivity index (χ1) is 8.97. The summed E-state index contributed by atoms with van der Waals surface area (Å²) in [6, 6.07) is 3.80. The molecule has 106 valence electrons. The predicted molar refractivity (Wildman–Crippen MR) is 79.4 cm³/mol. The molecule has 19 heavy (non-hydrogen) atoms. The van der Waals surface area contributed by atoms with E-state index in [0.717, 1.165) is 18.8 Å². The molecule has 0 saturated carbocycles. The smallest absolute Gasteiger partial charge is 0.254 e. The molecule has 0 radical (unpaired) electrons. The third kappa shape index (κ3) is 4.23. The first kappa shape index (κ1) is 15.5. The molecule has 1 amide bonds. The van der Waals surface area contributed by atoms with Gasteiger partial charge in [0.15, 0.2) is 0 Å². The van der Waals surface area contributed by atoms with Crippen LogP contribution >= 0.6 is 0 Å². The summed E-state index contributed by atoms with van der Waals surface area (Å²) in [6.45, 7) is 9.27. The molecule has 0 fully saturated rings. The number of nitrogens with zero attached hydrogens (tertiary/aromatic N) is 2. The molecule has 1 rings (SSSR count). The highest BCUT2D eigenvalue weighted by Gasteiger charge is 2.20. The number of hydrogen-bond donors (Lipinski definition) is 1. The van der Waals surface area contributed by atoms with E-state index >= 15 is 0 Å². The fourth-order valence-corrected chi connectivity index (χ4v) is 1.75. The van der Waals surface area contributed by atoms with E-state index in [2.05, 4.69) is 38.0 Å². The molecule has 0 bridgehead atoms. The van der Waals surface area contributed by atoms with Gasteiger partial charge in [0.1, 0.15) is 5.82 Å². The van der Waals surface area contributed by atoms with Crippen molar-refractivity contribution in [3.05, 3.63) is 23.9 Å². The number of carbonyl (C=O) groups excluding carboxylic acids is 1. The number of amides is 1. The average Bonchev–Trinajstić information content (AvgIpc) is 2.42. The van der Waals surface area contributed by atoms with Crippen molar-refractivity contribution in [1.29, 1.82) is 0 Å². The van der Waals surface area contributed by atoms with Crippen LogP contribution in [0.4, 0.5) is 5.82 Å². The summed E-state index contributed by atoms with van der Waals surface area (Å²) in [6.07, 6.45) is 2.71. The Labute approximate surface area is 116 Å². The van der Waals surface area contributed by atoms with E-state index in [0.29, 0.717) is 11.5 Å². The molecule has 0 aromatic carbocycles. The monoisotopic (exact) mass is 263 g/mol. The highest BCUT2D eigenvalue weighted by molar-refractivity contribution is 5.94. The van der Waals surface area contributed by atoms with Gasteiger partial charge in [0.05, 0.1) is 0 Å². The Morgan fingerprint density at radius 1 is 1.42 bits per heavy atom. The zero-order valence-electron chi connectivity index (χ0n) is 12.6. The molecular formula is C15H25N3O. The fourth-order valence-electron chi connectivity index (χ4n) is 1.75. The predicted octanol–water partition coefficient (Wildman–Crippen LogP) is 3.02. The van der Waals surface area contributed by atoms with Crippen molar-refractivity contribution in [2.24, 2.45) is 5.92 Å². The second-order valence-corrected chi connectivity index (χ2v) is 5.26. The minimum Gasteiger partial charge on any atom is -0.370 e. The van der Waals surface area contributed by atoms with Crippen molar-refractivity contribution < 1.29 is 4.79 Å². The number of hydrogen-bond acceptors (Lipinski definition) is 3. The summed E-state index contributed by atoms with van der Waals surface area (Å²) in [5.74, 6) is 1.25. The number of anilines is 1. The third-order valence-corrected chi connectivity index (χ3v) is 3.46. The van der Waals surface area contributed by atoms with Gasteiger partial charge in [0, 0.05) is 31.4 Å². The second-order valence-electron chi connectivity index (χ2n) is 5.26. The lowest BCUT2D eigenvalue weighted by Gasteiger charge is -2.28. The van der Waals surface area contributed by atoms with Crippen LogP contribution in [0, 0.1) is 5.92 Å². The van der Waals surface area contributed by atoms with E-state index in [1.807, 2.05) is 13.1 Å². The van der Waals surface area contributed by atoms with Gasteiger partial charge in [-0.15, -0.1) is 0 Å². The molecule has 1 unspecified atom stereocenters. The molecule has 1 N–H and O–H groups in total. The maximum atomic E-state index is 12.4. The largest absolute Gasteiger partial charge is 0.370 e. The minimum absolute atomic E-state index is 0.0446. The molecule has 1 heterocycles. The Balaban J connectivity index is 2.81. The molecular weight excluding hydrogens is 238 g/mol. The highest BCUT2D eigenvalue weighted by atomic mass is 16.2. The van der Waals surface area contributed by atoms with Gasteiger partial charge >= 0.3 is 0 Å². The number of rotatable bonds is 6. The fraction of sp³-hybridized carbons (Fsp3) is 0.600. The van der Waals surface area contributed by atoms with Crippen LogP contribution in [0.2, 0.25) is 0 Å². The Bertz CT molecular complexity index is 418.